The highest BCUT2D eigenvalue weighted by atomic mass is 32.2. The van der Waals surface area contributed by atoms with Crippen LogP contribution < -0.4 is 14.4 Å². The number of thioether (sulfide) groups is 1. The van der Waals surface area contributed by atoms with Crippen molar-refractivity contribution in [2.24, 2.45) is 0 Å². The van der Waals surface area contributed by atoms with Crippen LogP contribution >= 0.6 is 11.8 Å². The normalized spacial score (nSPS) is 21.6. The van der Waals surface area contributed by atoms with Gasteiger partial charge in [-0.15, -0.1) is 0 Å². The van der Waals surface area contributed by atoms with Crippen molar-refractivity contribution in [2.75, 3.05) is 38.0 Å². The molecule has 2 aromatic rings. The number of β-amino-alcohol motifs (C(OH)–C–C–N with tert-alkyl or cyclic N) is 1. The minimum Gasteiger partial charge on any atom is -0.493 e. The molecule has 4 rings (SSSR count). The number of hydrogen-bond acceptors (Lipinski definition) is 5. The standard InChI is InChI=1S/C21H25N2O3S/c1-14-6-5-7-17(15(14)2)22-13-21(24,23-10-11-27-20(22)23)16-8-9-18(25-3)19(12-16)26-4/h5-9,12,24H,10-11,13H2,1-4H3/q+1/t21-/m1/s1. The predicted octanol–water partition coefficient (Wildman–Crippen LogP) is 3.10. The summed E-state index contributed by atoms with van der Waals surface area (Å²) in [4.78, 5) is 2.25. The molecule has 1 N–H and O–H groups in total. The average Bonchev–Trinajstić information content (AvgIpc) is 3.27. The van der Waals surface area contributed by atoms with Crippen molar-refractivity contribution in [1.29, 1.82) is 0 Å². The molecule has 0 fully saturated rings. The van der Waals surface area contributed by atoms with Gasteiger partial charge >= 0.3 is 5.17 Å². The fourth-order valence-electron chi connectivity index (χ4n) is 3.89. The highest BCUT2D eigenvalue weighted by Gasteiger charge is 2.54. The lowest BCUT2D eigenvalue weighted by molar-refractivity contribution is -0.650. The Morgan fingerprint density at radius 3 is 2.63 bits per heavy atom. The summed E-state index contributed by atoms with van der Waals surface area (Å²) < 4.78 is 12.9. The van der Waals surface area contributed by atoms with Crippen molar-refractivity contribution in [3.05, 3.63) is 53.1 Å². The topological polar surface area (TPSA) is 44.9 Å². The first-order chi connectivity index (χ1) is 13.0. The first-order valence-corrected chi connectivity index (χ1v) is 10.0. The molecule has 0 aliphatic carbocycles. The van der Waals surface area contributed by atoms with Crippen LogP contribution in [-0.2, 0) is 5.72 Å². The number of rotatable bonds is 4. The van der Waals surface area contributed by atoms with Gasteiger partial charge in [0.15, 0.2) is 18.0 Å². The van der Waals surface area contributed by atoms with E-state index in [1.54, 1.807) is 26.0 Å². The number of amidine groups is 1. The lowest BCUT2D eigenvalue weighted by Crippen LogP contribution is -2.41. The zero-order valence-electron chi connectivity index (χ0n) is 16.2. The lowest BCUT2D eigenvalue weighted by Gasteiger charge is -2.24. The van der Waals surface area contributed by atoms with E-state index in [4.69, 9.17) is 9.47 Å². The lowest BCUT2D eigenvalue weighted by atomic mass is 10.0. The Labute approximate surface area is 164 Å². The number of anilines is 1. The number of aliphatic hydroxyl groups is 1. The number of aryl methyl sites for hydroxylation is 1. The first-order valence-electron chi connectivity index (χ1n) is 9.05. The molecule has 2 aliphatic heterocycles. The number of benzene rings is 2. The van der Waals surface area contributed by atoms with Gasteiger partial charge in [-0.2, -0.15) is 0 Å². The monoisotopic (exact) mass is 385 g/mol. The van der Waals surface area contributed by atoms with E-state index in [9.17, 15) is 5.11 Å². The maximum atomic E-state index is 11.8. The van der Waals surface area contributed by atoms with Gasteiger partial charge in [0.05, 0.1) is 20.8 Å². The second kappa shape index (κ2) is 6.77. The Morgan fingerprint density at radius 1 is 1.11 bits per heavy atom. The van der Waals surface area contributed by atoms with Crippen LogP contribution in [0.25, 0.3) is 0 Å². The summed E-state index contributed by atoms with van der Waals surface area (Å²) in [5, 5.41) is 12.9. The molecule has 27 heavy (non-hydrogen) atoms. The van der Waals surface area contributed by atoms with Gasteiger partial charge in [-0.1, -0.05) is 12.1 Å². The maximum Gasteiger partial charge on any atom is 0.316 e. The fraction of sp³-hybridized carbons (Fsp3) is 0.381. The van der Waals surface area contributed by atoms with Gasteiger partial charge in [0.2, 0.25) is 0 Å². The highest BCUT2D eigenvalue weighted by molar-refractivity contribution is 8.14. The summed E-state index contributed by atoms with van der Waals surface area (Å²) in [5.41, 5.74) is 3.36. The molecule has 0 spiro atoms. The number of hydrogen-bond donors (Lipinski definition) is 1. The highest BCUT2D eigenvalue weighted by Crippen LogP contribution is 2.41. The summed E-state index contributed by atoms with van der Waals surface area (Å²) in [5.74, 6) is 2.25. The van der Waals surface area contributed by atoms with E-state index in [0.29, 0.717) is 18.0 Å². The van der Waals surface area contributed by atoms with Crippen molar-refractivity contribution < 1.29 is 19.2 Å². The number of ether oxygens (including phenoxy) is 2. The summed E-state index contributed by atoms with van der Waals surface area (Å²) in [7, 11) is 3.24. The average molecular weight is 386 g/mol. The van der Waals surface area contributed by atoms with Gasteiger partial charge in [0.25, 0.3) is 5.72 Å². The first kappa shape index (κ1) is 18.2. The second-order valence-corrected chi connectivity index (χ2v) is 8.04. The number of methoxy groups -OCH3 is 2. The van der Waals surface area contributed by atoms with Crippen LogP contribution in [0, 0.1) is 13.8 Å². The Balaban J connectivity index is 1.80. The van der Waals surface area contributed by atoms with Gasteiger partial charge in [0, 0.05) is 11.3 Å². The maximum absolute atomic E-state index is 11.8. The van der Waals surface area contributed by atoms with Crippen molar-refractivity contribution in [3.8, 4) is 11.5 Å². The van der Waals surface area contributed by atoms with E-state index >= 15 is 0 Å². The minimum absolute atomic E-state index is 0.481. The van der Waals surface area contributed by atoms with Crippen LogP contribution in [0.15, 0.2) is 36.4 Å². The van der Waals surface area contributed by atoms with E-state index in [-0.39, 0.29) is 0 Å². The number of nitrogens with zero attached hydrogens (tertiary/aromatic N) is 2. The summed E-state index contributed by atoms with van der Waals surface area (Å²) in [6, 6.07) is 12.0. The summed E-state index contributed by atoms with van der Waals surface area (Å²) in [6.07, 6.45) is 0. The van der Waals surface area contributed by atoms with E-state index in [1.165, 1.54) is 11.1 Å². The third-order valence-electron chi connectivity index (χ3n) is 5.55. The fourth-order valence-corrected chi connectivity index (χ4v) is 5.06. The third kappa shape index (κ3) is 2.78. The molecule has 6 heteroatoms. The Kier molecular flexibility index (Phi) is 4.56. The largest absolute Gasteiger partial charge is 0.493 e. The van der Waals surface area contributed by atoms with Crippen LogP contribution in [0.5, 0.6) is 11.5 Å². The molecule has 142 valence electrons. The van der Waals surface area contributed by atoms with Crippen molar-refractivity contribution in [3.63, 3.8) is 0 Å². The Hall–Kier alpha value is -2.18. The molecule has 0 radical (unpaired) electrons. The van der Waals surface area contributed by atoms with Crippen LogP contribution in [0.4, 0.5) is 5.69 Å². The summed E-state index contributed by atoms with van der Waals surface area (Å²) in [6.45, 7) is 5.56. The third-order valence-corrected chi connectivity index (χ3v) is 6.63. The zero-order chi connectivity index (χ0) is 19.2. The van der Waals surface area contributed by atoms with Crippen molar-refractivity contribution >= 4 is 22.6 Å². The van der Waals surface area contributed by atoms with Gasteiger partial charge in [-0.3, -0.25) is 0 Å². The van der Waals surface area contributed by atoms with Crippen molar-refractivity contribution in [2.45, 2.75) is 19.6 Å². The van der Waals surface area contributed by atoms with Crippen molar-refractivity contribution in [1.82, 2.24) is 0 Å². The molecule has 2 aromatic carbocycles. The molecule has 0 saturated heterocycles. The van der Waals surface area contributed by atoms with Crippen LogP contribution in [0.3, 0.4) is 0 Å². The molecule has 0 amide bonds. The van der Waals surface area contributed by atoms with Crippen LogP contribution in [-0.4, -0.2) is 47.9 Å². The molecular weight excluding hydrogens is 360 g/mol. The SMILES string of the molecule is COc1ccc([C@]2(O)CN(c3cccc(C)c3C)C3=[N+]2CCS3)cc1OC. The molecule has 2 heterocycles. The quantitative estimate of drug-likeness (QED) is 0.820. The second-order valence-electron chi connectivity index (χ2n) is 6.97. The molecular formula is C21H25N2O3S+. The molecule has 0 saturated carbocycles. The van der Waals surface area contributed by atoms with Crippen LogP contribution in [0.2, 0.25) is 0 Å². The Bertz CT molecular complexity index is 928. The van der Waals surface area contributed by atoms with Gasteiger partial charge in [-0.05, 0) is 61.0 Å². The molecule has 0 aromatic heterocycles. The van der Waals surface area contributed by atoms with Gasteiger partial charge in [-0.25, -0.2) is 9.48 Å². The van der Waals surface area contributed by atoms with Crippen LogP contribution in [0.1, 0.15) is 16.7 Å². The summed E-state index contributed by atoms with van der Waals surface area (Å²) >= 11 is 1.80. The van der Waals surface area contributed by atoms with E-state index in [0.717, 1.165) is 28.7 Å². The van der Waals surface area contributed by atoms with Gasteiger partial charge < -0.3 is 14.6 Å². The Morgan fingerprint density at radius 2 is 1.89 bits per heavy atom. The minimum atomic E-state index is -1.10. The molecule has 1 atom stereocenters. The van der Waals surface area contributed by atoms with E-state index in [1.807, 2.05) is 18.2 Å². The molecule has 0 unspecified atom stereocenters. The predicted molar refractivity (Wildman–Crippen MR) is 109 cm³/mol. The molecule has 0 bridgehead atoms. The van der Waals surface area contributed by atoms with E-state index < -0.39 is 5.72 Å². The smallest absolute Gasteiger partial charge is 0.316 e. The molecule has 5 nitrogen and oxygen atoms in total. The van der Waals surface area contributed by atoms with E-state index in [2.05, 4.69) is 41.5 Å². The van der Waals surface area contributed by atoms with Gasteiger partial charge in [0.1, 0.15) is 5.69 Å². The molecule has 2 aliphatic rings. The zero-order valence-corrected chi connectivity index (χ0v) is 17.0.